The maximum Gasteiger partial charge on any atom is 0.228 e. The average molecular weight is 689 g/mol. The average Bonchev–Trinajstić information content (AvgIpc) is 3.03. The van der Waals surface area contributed by atoms with Gasteiger partial charge < -0.3 is 36.2 Å². The van der Waals surface area contributed by atoms with Gasteiger partial charge in [-0.3, -0.25) is 10.1 Å². The molecule has 1 radical (unpaired) electrons. The molecule has 1 heterocycles. The number of amides is 1. The van der Waals surface area contributed by atoms with Crippen molar-refractivity contribution in [3.8, 4) is 0 Å². The number of nitrogens with two attached hydrogens (primary N) is 2. The number of carbonyl (C=O) groups is 2. The van der Waals surface area contributed by atoms with Crippen molar-refractivity contribution in [2.45, 2.75) is 58.9 Å². The van der Waals surface area contributed by atoms with E-state index in [-0.39, 0.29) is 51.8 Å². The third kappa shape index (κ3) is 14.7. The van der Waals surface area contributed by atoms with Gasteiger partial charge in [-0.25, -0.2) is 10.7 Å². The third-order valence-electron chi connectivity index (χ3n) is 6.45. The van der Waals surface area contributed by atoms with Crippen molar-refractivity contribution in [2.75, 3.05) is 51.4 Å². The molecule has 1 aliphatic rings. The summed E-state index contributed by atoms with van der Waals surface area (Å²) >= 11 is 0. The molecular weight excluding hydrogens is 637 g/mol. The summed E-state index contributed by atoms with van der Waals surface area (Å²) in [5.41, 5.74) is 17.6. The summed E-state index contributed by atoms with van der Waals surface area (Å²) in [4.78, 5) is 28.7. The van der Waals surface area contributed by atoms with Crippen LogP contribution in [0, 0.1) is 0 Å². The molecule has 0 saturated heterocycles. The number of benzene rings is 2. The number of hydrazine groups is 1. The summed E-state index contributed by atoms with van der Waals surface area (Å²) in [5.74, 6) is 6.31. The van der Waals surface area contributed by atoms with E-state index in [9.17, 15) is 9.59 Å². The minimum absolute atomic E-state index is 0. The number of rotatable bonds is 15. The molecule has 243 valence electrons. The zero-order valence-corrected chi connectivity index (χ0v) is 29.4. The molecule has 11 nitrogen and oxygen atoms in total. The summed E-state index contributed by atoms with van der Waals surface area (Å²) in [6, 6.07) is 15.3. The number of nitrogens with zero attached hydrogens (tertiary/aromatic N) is 2. The predicted molar refractivity (Wildman–Crippen MR) is 174 cm³/mol. The molecule has 0 saturated carbocycles. The van der Waals surface area contributed by atoms with Gasteiger partial charge in [-0.1, -0.05) is 75.6 Å². The van der Waals surface area contributed by atoms with Crippen molar-refractivity contribution in [1.29, 1.82) is 0 Å². The first-order chi connectivity index (χ1) is 20.9. The van der Waals surface area contributed by atoms with E-state index in [0.29, 0.717) is 50.5 Å². The van der Waals surface area contributed by atoms with E-state index in [4.69, 9.17) is 27.3 Å². The predicted octanol–water partition coefficient (Wildman–Crippen LogP) is 4.82. The largest absolute Gasteiger partial charge is 0.677 e. The Bertz CT molecular complexity index is 1100. The molecule has 44 heavy (non-hydrogen) atoms. The Labute approximate surface area is 288 Å². The second-order valence-corrected chi connectivity index (χ2v) is 9.82. The first-order valence-corrected chi connectivity index (χ1v) is 15.0. The van der Waals surface area contributed by atoms with E-state index in [1.165, 1.54) is 17.9 Å². The molecule has 1 aliphatic heterocycles. The molecular formula is C32H51N6O5Y-. The van der Waals surface area contributed by atoms with Crippen molar-refractivity contribution < 1.29 is 57.2 Å². The molecule has 0 spiro atoms. The van der Waals surface area contributed by atoms with Gasteiger partial charge in [-0.15, -0.1) is 0 Å². The zero-order chi connectivity index (χ0) is 31.9. The van der Waals surface area contributed by atoms with Crippen molar-refractivity contribution in [1.82, 2.24) is 10.3 Å². The number of aldehydes is 1. The van der Waals surface area contributed by atoms with Crippen LogP contribution < -0.4 is 21.8 Å². The Hall–Kier alpha value is -2.22. The molecule has 2 aromatic rings. The van der Waals surface area contributed by atoms with Crippen LogP contribution in [0.1, 0.15) is 69.1 Å². The molecule has 0 unspecified atom stereocenters. The standard InChI is InChI=1S/C21H27N5O3.C6H12O2.C5H12N.Y/c1-24-11-10-19(27)25-14-15-6-2-3-7-16(15)20(22)21(26(23)12-13-29-28)17-8-4-5-9-18(17)25;1-2-5-8-6-3-4-7;1-2-3-4-5-6;/h2-9,24,28H,10-14,22-23H2,1H3;4H,2-3,5-6H2,1H3;6H,2-5H2,1H3;/q;;-1;/b21-20-;;;. The summed E-state index contributed by atoms with van der Waals surface area (Å²) in [7, 11) is 1.82. The van der Waals surface area contributed by atoms with Gasteiger partial charge in [0.05, 0.1) is 36.8 Å². The third-order valence-corrected chi connectivity index (χ3v) is 6.45. The van der Waals surface area contributed by atoms with Crippen LogP contribution in [0.15, 0.2) is 48.5 Å². The van der Waals surface area contributed by atoms with Crippen LogP contribution in [0.2, 0.25) is 0 Å². The summed E-state index contributed by atoms with van der Waals surface area (Å²) in [6.07, 6.45) is 6.33. The van der Waals surface area contributed by atoms with E-state index in [2.05, 4.69) is 17.1 Å². The van der Waals surface area contributed by atoms with Gasteiger partial charge in [0.1, 0.15) is 12.9 Å². The second-order valence-electron chi connectivity index (χ2n) is 9.82. The molecule has 12 heteroatoms. The Morgan fingerprint density at radius 2 is 1.75 bits per heavy atom. The minimum Gasteiger partial charge on any atom is -0.677 e. The van der Waals surface area contributed by atoms with Gasteiger partial charge in [0.15, 0.2) is 0 Å². The van der Waals surface area contributed by atoms with Crippen LogP contribution in [-0.2, 0) is 58.5 Å². The van der Waals surface area contributed by atoms with E-state index in [1.807, 2.05) is 62.5 Å². The fourth-order valence-electron chi connectivity index (χ4n) is 4.26. The van der Waals surface area contributed by atoms with Gasteiger partial charge in [0.25, 0.3) is 0 Å². The van der Waals surface area contributed by atoms with Crippen LogP contribution in [0.25, 0.3) is 17.1 Å². The Morgan fingerprint density at radius 1 is 1.07 bits per heavy atom. The van der Waals surface area contributed by atoms with Gasteiger partial charge >= 0.3 is 0 Å². The number of unbranched alkanes of at least 4 members (excludes halogenated alkanes) is 2. The fourth-order valence-corrected chi connectivity index (χ4v) is 4.26. The van der Waals surface area contributed by atoms with Crippen LogP contribution in [0.3, 0.4) is 0 Å². The number of hydrogen-bond acceptors (Lipinski definition) is 9. The van der Waals surface area contributed by atoms with Crippen molar-refractivity contribution in [3.05, 3.63) is 71.0 Å². The fraction of sp³-hybridized carbons (Fsp3) is 0.500. The summed E-state index contributed by atoms with van der Waals surface area (Å²) in [5, 5.41) is 13.2. The molecule has 0 aromatic heterocycles. The topological polar surface area (TPSA) is 167 Å². The quantitative estimate of drug-likeness (QED) is 0.0675. The monoisotopic (exact) mass is 688 g/mol. The second kappa shape index (κ2) is 26.0. The molecule has 3 rings (SSSR count). The van der Waals surface area contributed by atoms with E-state index in [0.717, 1.165) is 48.1 Å². The molecule has 7 N–H and O–H groups in total. The smallest absolute Gasteiger partial charge is 0.228 e. The minimum atomic E-state index is 0. The summed E-state index contributed by atoms with van der Waals surface area (Å²) in [6.45, 7) is 7.38. The van der Waals surface area contributed by atoms with Gasteiger partial charge in [0.2, 0.25) is 5.91 Å². The molecule has 0 atom stereocenters. The zero-order valence-electron chi connectivity index (χ0n) is 26.6. The van der Waals surface area contributed by atoms with Gasteiger partial charge in [-0.05, 0) is 25.1 Å². The number of nitrogens with one attached hydrogen (secondary N) is 2. The van der Waals surface area contributed by atoms with E-state index < -0.39 is 0 Å². The SMILES string of the molecule is CCCCC[NH-].CCCOCCC=O.CNCCC(=O)N1Cc2ccccc2/C(N)=C(/N(N)CCOO)c2ccccc21.[Y]. The maximum absolute atomic E-state index is 13.1. The Morgan fingerprint density at radius 3 is 2.34 bits per heavy atom. The number of anilines is 1. The summed E-state index contributed by atoms with van der Waals surface area (Å²) < 4.78 is 4.99. The number of hydrogen-bond donors (Lipinski definition) is 4. The van der Waals surface area contributed by atoms with E-state index in [1.54, 1.807) is 4.90 Å². The van der Waals surface area contributed by atoms with Crippen LogP contribution in [0.4, 0.5) is 5.69 Å². The van der Waals surface area contributed by atoms with Crippen LogP contribution in [0.5, 0.6) is 0 Å². The first-order valence-electron chi connectivity index (χ1n) is 15.0. The Balaban J connectivity index is 0.00000103. The number of para-hydroxylation sites is 1. The maximum atomic E-state index is 13.1. The number of ether oxygens (including phenoxy) is 1. The van der Waals surface area contributed by atoms with Crippen molar-refractivity contribution >= 4 is 29.3 Å². The van der Waals surface area contributed by atoms with Crippen LogP contribution in [-0.4, -0.2) is 69.0 Å². The van der Waals surface area contributed by atoms with E-state index >= 15 is 0 Å². The van der Waals surface area contributed by atoms with Gasteiger partial charge in [-0.2, -0.15) is 6.54 Å². The molecule has 0 fully saturated rings. The molecule has 0 aliphatic carbocycles. The number of carbonyl (C=O) groups excluding carboxylic acids is 2. The number of fused-ring (bicyclic) bond motifs is 2. The van der Waals surface area contributed by atoms with Crippen LogP contribution >= 0.6 is 0 Å². The normalized spacial score (nSPS) is 13.4. The Kier molecular flexibility index (Phi) is 24.7. The van der Waals surface area contributed by atoms with Gasteiger partial charge in [0, 0.05) is 69.8 Å². The molecule has 2 aromatic carbocycles. The first kappa shape index (κ1) is 41.8. The van der Waals surface area contributed by atoms with Crippen molar-refractivity contribution in [3.63, 3.8) is 0 Å². The van der Waals surface area contributed by atoms with Crippen molar-refractivity contribution in [2.24, 2.45) is 11.6 Å². The molecule has 0 bridgehead atoms. The molecule has 1 amide bonds.